The summed E-state index contributed by atoms with van der Waals surface area (Å²) in [5.74, 6) is -3.93. The highest BCUT2D eigenvalue weighted by atomic mass is 19.4. The number of nitrogens with two attached hydrogens (primary N) is 2. The van der Waals surface area contributed by atoms with Crippen LogP contribution in [0.4, 0.5) is 13.2 Å². The molecule has 0 heterocycles. The predicted molar refractivity (Wildman–Crippen MR) is 49.6 cm³/mol. The Morgan fingerprint density at radius 2 is 2.00 bits per heavy atom. The number of carbonyl (C=O) groups is 1. The van der Waals surface area contributed by atoms with Crippen LogP contribution in [0.2, 0.25) is 0 Å². The highest BCUT2D eigenvalue weighted by molar-refractivity contribution is 5.83. The second-order valence-electron chi connectivity index (χ2n) is 3.15. The van der Waals surface area contributed by atoms with E-state index in [0.717, 1.165) is 0 Å². The lowest BCUT2D eigenvalue weighted by Crippen LogP contribution is -2.47. The fraction of sp³-hybridized carbons (Fsp3) is 0.714. The lowest BCUT2D eigenvalue weighted by Gasteiger charge is -2.20. The van der Waals surface area contributed by atoms with E-state index in [1.807, 2.05) is 0 Å². The monoisotopic (exact) mass is 242 g/mol. The molecule has 2 atom stereocenters. The quantitative estimate of drug-likeness (QED) is 0.222. The van der Waals surface area contributed by atoms with Crippen LogP contribution < -0.4 is 16.8 Å². The van der Waals surface area contributed by atoms with E-state index in [2.05, 4.69) is 10.5 Å². The van der Waals surface area contributed by atoms with Crippen molar-refractivity contribution < 1.29 is 23.2 Å². The van der Waals surface area contributed by atoms with Gasteiger partial charge in [0, 0.05) is 6.54 Å². The fourth-order valence-corrected chi connectivity index (χ4v) is 0.853. The summed E-state index contributed by atoms with van der Waals surface area (Å²) in [6.45, 7) is 0.617. The van der Waals surface area contributed by atoms with Crippen molar-refractivity contribution in [3.05, 3.63) is 0 Å². The van der Waals surface area contributed by atoms with E-state index in [4.69, 9.17) is 16.7 Å². The molecule has 94 valence electrons. The van der Waals surface area contributed by atoms with E-state index in [0.29, 0.717) is 0 Å². The highest BCUT2D eigenvalue weighted by Gasteiger charge is 2.42. The Labute approximate surface area is 89.5 Å². The van der Waals surface area contributed by atoms with Gasteiger partial charge in [-0.05, 0) is 6.92 Å². The van der Waals surface area contributed by atoms with E-state index in [1.54, 1.807) is 0 Å². The van der Waals surface area contributed by atoms with Gasteiger partial charge in [-0.1, -0.05) is 5.16 Å². The molecule has 0 fully saturated rings. The molecule has 1 amide bonds. The molecule has 0 bridgehead atoms. The Morgan fingerprint density at radius 3 is 2.31 bits per heavy atom. The molecule has 2 unspecified atom stereocenters. The molecule has 0 spiro atoms. The number of nitrogens with one attached hydrogen (secondary N) is 1. The minimum absolute atomic E-state index is 0.691. The normalized spacial score (nSPS) is 16.9. The number of amides is 1. The van der Waals surface area contributed by atoms with Gasteiger partial charge in [0.1, 0.15) is 5.92 Å². The Bertz CT molecular complexity index is 279. The summed E-state index contributed by atoms with van der Waals surface area (Å²) in [7, 11) is 0. The van der Waals surface area contributed by atoms with E-state index < -0.39 is 36.4 Å². The van der Waals surface area contributed by atoms with Crippen LogP contribution in [0.5, 0.6) is 0 Å². The van der Waals surface area contributed by atoms with Gasteiger partial charge in [0.2, 0.25) is 5.91 Å². The maximum atomic E-state index is 12.4. The molecule has 0 aliphatic rings. The van der Waals surface area contributed by atoms with Crippen LogP contribution in [0.25, 0.3) is 0 Å². The maximum Gasteiger partial charge on any atom is 0.400 e. The zero-order chi connectivity index (χ0) is 12.9. The first-order valence-electron chi connectivity index (χ1n) is 4.27. The molecule has 0 aromatic rings. The molecule has 0 saturated carbocycles. The maximum absolute atomic E-state index is 12.4. The molecule has 6 nitrogen and oxygen atoms in total. The summed E-state index contributed by atoms with van der Waals surface area (Å²) >= 11 is 0. The molecule has 0 radical (unpaired) electrons. The summed E-state index contributed by atoms with van der Waals surface area (Å²) in [5, 5.41) is 12.7. The molecule has 0 saturated heterocycles. The first-order valence-corrected chi connectivity index (χ1v) is 4.27. The first kappa shape index (κ1) is 14.5. The first-order chi connectivity index (χ1) is 7.20. The number of rotatable bonds is 5. The second-order valence-corrected chi connectivity index (χ2v) is 3.15. The van der Waals surface area contributed by atoms with Crippen molar-refractivity contribution in [1.29, 1.82) is 0 Å². The Balaban J connectivity index is 4.53. The largest absolute Gasteiger partial charge is 0.409 e. The average Bonchev–Trinajstić information content (AvgIpc) is 2.14. The third-order valence-corrected chi connectivity index (χ3v) is 1.92. The lowest BCUT2D eigenvalue weighted by molar-refractivity contribution is -0.155. The van der Waals surface area contributed by atoms with Crippen molar-refractivity contribution in [2.24, 2.45) is 22.5 Å². The summed E-state index contributed by atoms with van der Waals surface area (Å²) in [6, 6.07) is -0.934. The number of alkyl halides is 3. The van der Waals surface area contributed by atoms with E-state index in [9.17, 15) is 18.0 Å². The van der Waals surface area contributed by atoms with Gasteiger partial charge < -0.3 is 22.0 Å². The Hall–Kier alpha value is -1.51. The van der Waals surface area contributed by atoms with Gasteiger partial charge in [0.05, 0.1) is 6.04 Å². The van der Waals surface area contributed by atoms with Crippen LogP contribution in [0.3, 0.4) is 0 Å². The number of primary amides is 1. The van der Waals surface area contributed by atoms with Gasteiger partial charge in [-0.2, -0.15) is 13.2 Å². The topological polar surface area (TPSA) is 114 Å². The van der Waals surface area contributed by atoms with Gasteiger partial charge >= 0.3 is 6.18 Å². The van der Waals surface area contributed by atoms with E-state index in [-0.39, 0.29) is 0 Å². The molecular weight excluding hydrogens is 229 g/mol. The van der Waals surface area contributed by atoms with Crippen molar-refractivity contribution in [3.8, 4) is 0 Å². The Kier molecular flexibility index (Phi) is 5.02. The van der Waals surface area contributed by atoms with Crippen LogP contribution in [-0.2, 0) is 4.79 Å². The van der Waals surface area contributed by atoms with Gasteiger partial charge in [-0.25, -0.2) is 0 Å². The molecule has 0 aliphatic carbocycles. The molecule has 16 heavy (non-hydrogen) atoms. The van der Waals surface area contributed by atoms with Gasteiger partial charge in [-0.15, -0.1) is 0 Å². The minimum Gasteiger partial charge on any atom is -0.409 e. The third kappa shape index (κ3) is 4.34. The van der Waals surface area contributed by atoms with Crippen LogP contribution in [0.1, 0.15) is 6.92 Å². The predicted octanol–water partition coefficient (Wildman–Crippen LogP) is -0.625. The molecular formula is C7H13F3N4O2. The zero-order valence-electron chi connectivity index (χ0n) is 8.45. The van der Waals surface area contributed by atoms with E-state index in [1.165, 1.54) is 6.92 Å². The number of carbonyl (C=O) groups excluding carboxylic acids is 1. The molecule has 0 aromatic carbocycles. The number of nitrogens with zero attached hydrogens (tertiary/aromatic N) is 1. The molecule has 0 rings (SSSR count). The van der Waals surface area contributed by atoms with Crippen LogP contribution in [0.15, 0.2) is 5.16 Å². The molecule has 6 N–H and O–H groups in total. The molecule has 9 heteroatoms. The van der Waals surface area contributed by atoms with Gasteiger partial charge in [-0.3, -0.25) is 4.79 Å². The second kappa shape index (κ2) is 5.54. The van der Waals surface area contributed by atoms with Crippen molar-refractivity contribution in [1.82, 2.24) is 5.32 Å². The number of amidine groups is 1. The van der Waals surface area contributed by atoms with Crippen LogP contribution in [0, 0.1) is 5.92 Å². The summed E-state index contributed by atoms with van der Waals surface area (Å²) in [4.78, 5) is 10.6. The summed E-state index contributed by atoms with van der Waals surface area (Å²) in [5.41, 5.74) is 9.74. The summed E-state index contributed by atoms with van der Waals surface area (Å²) in [6.07, 6.45) is -4.67. The number of oxime groups is 1. The molecule has 0 aromatic heterocycles. The number of hydrogen-bond donors (Lipinski definition) is 4. The van der Waals surface area contributed by atoms with Crippen molar-refractivity contribution in [3.63, 3.8) is 0 Å². The van der Waals surface area contributed by atoms with Gasteiger partial charge in [0.25, 0.3) is 0 Å². The standard InChI is InChI=1S/C7H13F3N4O2/c1-3(6(12)15)13-2-4(5(11)14-16)7(8,9)10/h3-4,13,16H,2H2,1H3,(H2,11,14)(H2,12,15). The number of halogens is 3. The molecule has 0 aliphatic heterocycles. The van der Waals surface area contributed by atoms with Gasteiger partial charge in [0.15, 0.2) is 5.84 Å². The highest BCUT2D eigenvalue weighted by Crippen LogP contribution is 2.25. The Morgan fingerprint density at radius 1 is 1.50 bits per heavy atom. The average molecular weight is 242 g/mol. The lowest BCUT2D eigenvalue weighted by atomic mass is 10.1. The van der Waals surface area contributed by atoms with Crippen molar-refractivity contribution >= 4 is 11.7 Å². The SMILES string of the molecule is CC(NCC(C(N)=NO)C(F)(F)F)C(N)=O. The van der Waals surface area contributed by atoms with E-state index >= 15 is 0 Å². The minimum atomic E-state index is -4.67. The fourth-order valence-electron chi connectivity index (χ4n) is 0.853. The van der Waals surface area contributed by atoms with Crippen molar-refractivity contribution in [2.45, 2.75) is 19.1 Å². The number of hydrogen-bond acceptors (Lipinski definition) is 4. The van der Waals surface area contributed by atoms with Crippen LogP contribution >= 0.6 is 0 Å². The van der Waals surface area contributed by atoms with Crippen LogP contribution in [-0.4, -0.2) is 35.7 Å². The summed E-state index contributed by atoms with van der Waals surface area (Å²) < 4.78 is 37.1. The smallest absolute Gasteiger partial charge is 0.400 e. The van der Waals surface area contributed by atoms with Crippen molar-refractivity contribution in [2.75, 3.05) is 6.54 Å². The zero-order valence-corrected chi connectivity index (χ0v) is 8.45. The third-order valence-electron chi connectivity index (χ3n) is 1.92.